The lowest BCUT2D eigenvalue weighted by Crippen LogP contribution is -2.46. The van der Waals surface area contributed by atoms with E-state index in [4.69, 9.17) is 32.7 Å². The predicted molar refractivity (Wildman–Crippen MR) is 125 cm³/mol. The number of hydrogen-bond acceptors (Lipinski definition) is 5. The molecular formula is C24H23Cl2N3O4. The third-order valence-corrected chi connectivity index (χ3v) is 7.38. The van der Waals surface area contributed by atoms with E-state index in [9.17, 15) is 9.59 Å². The maximum atomic E-state index is 13.9. The van der Waals surface area contributed by atoms with Gasteiger partial charge in [-0.05, 0) is 43.7 Å². The number of nitrogens with one attached hydrogen (secondary N) is 1. The van der Waals surface area contributed by atoms with Gasteiger partial charge in [-0.3, -0.25) is 9.59 Å². The number of ether oxygens (including phenoxy) is 2. The molecule has 1 N–H and O–H groups in total. The number of hydrogen-bond donors (Lipinski definition) is 1. The summed E-state index contributed by atoms with van der Waals surface area (Å²) >= 11 is 12.5. The fourth-order valence-electron chi connectivity index (χ4n) is 4.69. The molecule has 0 saturated heterocycles. The van der Waals surface area contributed by atoms with Gasteiger partial charge < -0.3 is 24.6 Å². The number of nitrogens with zero attached hydrogens (tertiary/aromatic N) is 2. The lowest BCUT2D eigenvalue weighted by molar-refractivity contribution is -0.127. The van der Waals surface area contributed by atoms with Crippen molar-refractivity contribution >= 4 is 35.0 Å². The van der Waals surface area contributed by atoms with Crippen molar-refractivity contribution in [3.05, 3.63) is 68.8 Å². The van der Waals surface area contributed by atoms with Crippen molar-refractivity contribution in [2.24, 2.45) is 0 Å². The summed E-state index contributed by atoms with van der Waals surface area (Å²) in [5.74, 6) is 0.537. The number of carbonyl (C=O) groups excluding carboxylic acids is 2. The van der Waals surface area contributed by atoms with Gasteiger partial charge in [0.25, 0.3) is 11.8 Å². The molecule has 0 fully saturated rings. The Bertz CT molecular complexity index is 1210. The second-order valence-electron chi connectivity index (χ2n) is 8.75. The van der Waals surface area contributed by atoms with Crippen molar-refractivity contribution in [2.45, 2.75) is 25.4 Å². The number of benzene rings is 2. The van der Waals surface area contributed by atoms with Gasteiger partial charge >= 0.3 is 0 Å². The van der Waals surface area contributed by atoms with E-state index < -0.39 is 11.6 Å². The fourth-order valence-corrected chi connectivity index (χ4v) is 5.00. The van der Waals surface area contributed by atoms with Crippen LogP contribution in [0.5, 0.6) is 11.5 Å². The summed E-state index contributed by atoms with van der Waals surface area (Å²) < 4.78 is 11.1. The van der Waals surface area contributed by atoms with Crippen LogP contribution in [0.3, 0.4) is 0 Å². The highest BCUT2D eigenvalue weighted by Crippen LogP contribution is 2.45. The smallest absolute Gasteiger partial charge is 0.258 e. The van der Waals surface area contributed by atoms with Gasteiger partial charge in [-0.25, -0.2) is 0 Å². The highest BCUT2D eigenvalue weighted by Gasteiger charge is 2.49. The van der Waals surface area contributed by atoms with Gasteiger partial charge in [0, 0.05) is 25.8 Å². The van der Waals surface area contributed by atoms with Gasteiger partial charge in [-0.2, -0.15) is 0 Å². The minimum atomic E-state index is -0.660. The topological polar surface area (TPSA) is 71.1 Å². The van der Waals surface area contributed by atoms with E-state index >= 15 is 0 Å². The van der Waals surface area contributed by atoms with Crippen LogP contribution >= 0.6 is 23.2 Å². The Kier molecular flexibility index (Phi) is 5.21. The summed E-state index contributed by atoms with van der Waals surface area (Å²) in [6, 6.07) is 9.78. The number of fused-ring (bicyclic) bond motifs is 1. The van der Waals surface area contributed by atoms with Gasteiger partial charge in [0.1, 0.15) is 0 Å². The molecule has 0 bridgehead atoms. The number of carbonyl (C=O) groups is 2. The first-order valence-corrected chi connectivity index (χ1v) is 11.4. The maximum absolute atomic E-state index is 13.9. The molecule has 33 heavy (non-hydrogen) atoms. The first-order chi connectivity index (χ1) is 15.7. The average molecular weight is 488 g/mol. The van der Waals surface area contributed by atoms with Gasteiger partial charge in [-0.15, -0.1) is 0 Å². The molecule has 5 rings (SSSR count). The van der Waals surface area contributed by atoms with Crippen LogP contribution in [0.25, 0.3) is 0 Å². The van der Waals surface area contributed by atoms with Gasteiger partial charge in [-0.1, -0.05) is 35.3 Å². The van der Waals surface area contributed by atoms with E-state index in [-0.39, 0.29) is 18.6 Å². The third kappa shape index (κ3) is 3.33. The minimum absolute atomic E-state index is 0.0597. The van der Waals surface area contributed by atoms with Gasteiger partial charge in [0.15, 0.2) is 11.5 Å². The van der Waals surface area contributed by atoms with Crippen LogP contribution in [0, 0.1) is 0 Å². The number of rotatable bonds is 2. The molecule has 2 amide bonds. The van der Waals surface area contributed by atoms with Crippen LogP contribution in [0.4, 0.5) is 0 Å². The zero-order chi connectivity index (χ0) is 23.5. The molecule has 2 aromatic carbocycles. The van der Waals surface area contributed by atoms with Crippen molar-refractivity contribution in [1.29, 1.82) is 0 Å². The standard InChI is InChI=1S/C24H23Cl2N3O4/c1-24(2)21-18(23(31)28(24)3)19(13-7-8-15(25)16(26)11-13)29(10-9-27-21)22(30)14-5-4-6-17-20(14)33-12-32-17/h4-8,11,19,27H,9-10,12H2,1-3H3. The summed E-state index contributed by atoms with van der Waals surface area (Å²) in [6.45, 7) is 4.88. The number of para-hydroxylation sites is 1. The van der Waals surface area contributed by atoms with Crippen LogP contribution < -0.4 is 14.8 Å². The molecule has 1 unspecified atom stereocenters. The van der Waals surface area contributed by atoms with Crippen LogP contribution in [0.2, 0.25) is 10.0 Å². The molecule has 0 saturated carbocycles. The Morgan fingerprint density at radius 3 is 2.70 bits per heavy atom. The molecule has 7 nitrogen and oxygen atoms in total. The maximum Gasteiger partial charge on any atom is 0.258 e. The van der Waals surface area contributed by atoms with E-state index in [0.29, 0.717) is 51.3 Å². The minimum Gasteiger partial charge on any atom is -0.454 e. The Morgan fingerprint density at radius 1 is 1.15 bits per heavy atom. The molecule has 9 heteroatoms. The van der Waals surface area contributed by atoms with Crippen molar-refractivity contribution < 1.29 is 19.1 Å². The zero-order valence-electron chi connectivity index (χ0n) is 18.4. The number of halogens is 2. The Labute approximate surface area is 201 Å². The molecule has 0 aromatic heterocycles. The van der Waals surface area contributed by atoms with Crippen molar-refractivity contribution in [3.8, 4) is 11.5 Å². The number of amides is 2. The zero-order valence-corrected chi connectivity index (χ0v) is 20.0. The molecule has 3 heterocycles. The lowest BCUT2D eigenvalue weighted by atomic mass is 9.92. The van der Waals surface area contributed by atoms with E-state index in [1.165, 1.54) is 0 Å². The predicted octanol–water partition coefficient (Wildman–Crippen LogP) is 4.01. The van der Waals surface area contributed by atoms with E-state index in [0.717, 1.165) is 5.70 Å². The summed E-state index contributed by atoms with van der Waals surface area (Å²) in [4.78, 5) is 30.9. The summed E-state index contributed by atoms with van der Waals surface area (Å²) in [7, 11) is 1.77. The largest absolute Gasteiger partial charge is 0.454 e. The monoisotopic (exact) mass is 487 g/mol. The molecule has 2 aromatic rings. The first kappa shape index (κ1) is 21.9. The summed E-state index contributed by atoms with van der Waals surface area (Å²) in [6.07, 6.45) is 0. The molecule has 0 aliphatic carbocycles. The molecule has 0 spiro atoms. The molecule has 172 valence electrons. The van der Waals surface area contributed by atoms with E-state index in [1.54, 1.807) is 47.2 Å². The van der Waals surface area contributed by atoms with Crippen LogP contribution in [0.15, 0.2) is 47.7 Å². The van der Waals surface area contributed by atoms with E-state index in [2.05, 4.69) is 5.32 Å². The first-order valence-electron chi connectivity index (χ1n) is 10.6. The van der Waals surface area contributed by atoms with Crippen molar-refractivity contribution in [3.63, 3.8) is 0 Å². The summed E-state index contributed by atoms with van der Waals surface area (Å²) in [5, 5.41) is 4.18. The van der Waals surface area contributed by atoms with Crippen LogP contribution in [0.1, 0.15) is 35.8 Å². The van der Waals surface area contributed by atoms with Gasteiger partial charge in [0.05, 0.1) is 32.8 Å². The Hall–Kier alpha value is -2.90. The number of likely N-dealkylation sites (N-methyl/N-ethyl adjacent to an activating group) is 1. The van der Waals surface area contributed by atoms with Crippen LogP contribution in [-0.2, 0) is 4.79 Å². The lowest BCUT2D eigenvalue weighted by Gasteiger charge is -2.33. The highest BCUT2D eigenvalue weighted by molar-refractivity contribution is 6.42. The SMILES string of the molecule is CN1C(=O)C2=C(NCCN(C(=O)c3cccc4c3OCO4)C2c2ccc(Cl)c(Cl)c2)C1(C)C. The average Bonchev–Trinajstić information content (AvgIpc) is 3.25. The van der Waals surface area contributed by atoms with Crippen LogP contribution in [-0.4, -0.2) is 54.1 Å². The van der Waals surface area contributed by atoms with Crippen molar-refractivity contribution in [1.82, 2.24) is 15.1 Å². The normalized spacial score (nSPS) is 21.1. The molecular weight excluding hydrogens is 465 g/mol. The van der Waals surface area contributed by atoms with Gasteiger partial charge in [0.2, 0.25) is 6.79 Å². The second kappa shape index (κ2) is 7.85. The second-order valence-corrected chi connectivity index (χ2v) is 9.57. The summed E-state index contributed by atoms with van der Waals surface area (Å²) in [5.41, 5.74) is 1.87. The molecule has 3 aliphatic rings. The molecule has 1 atom stereocenters. The quantitative estimate of drug-likeness (QED) is 0.692. The fraction of sp³-hybridized carbons (Fsp3) is 0.333. The Morgan fingerprint density at radius 2 is 1.94 bits per heavy atom. The molecule has 0 radical (unpaired) electrons. The van der Waals surface area contributed by atoms with Crippen molar-refractivity contribution in [2.75, 3.05) is 26.9 Å². The molecule has 3 aliphatic heterocycles. The third-order valence-electron chi connectivity index (χ3n) is 6.64. The highest BCUT2D eigenvalue weighted by atomic mass is 35.5. The Balaban J connectivity index is 1.69. The van der Waals surface area contributed by atoms with E-state index in [1.807, 2.05) is 19.9 Å².